The van der Waals surface area contributed by atoms with Crippen LogP contribution in [0.4, 0.5) is 0 Å². The summed E-state index contributed by atoms with van der Waals surface area (Å²) in [5, 5.41) is 11.4. The van der Waals surface area contributed by atoms with Crippen molar-refractivity contribution >= 4 is 11.9 Å². The Labute approximate surface area is 93.1 Å². The van der Waals surface area contributed by atoms with Gasteiger partial charge in [-0.3, -0.25) is 9.59 Å². The highest BCUT2D eigenvalue weighted by Gasteiger charge is 2.20. The molecule has 1 heterocycles. The van der Waals surface area contributed by atoms with Crippen LogP contribution in [-0.2, 0) is 4.79 Å². The van der Waals surface area contributed by atoms with E-state index in [1.165, 1.54) is 12.5 Å². The number of nitrogens with zero attached hydrogens (tertiary/aromatic N) is 1. The van der Waals surface area contributed by atoms with Gasteiger partial charge in [-0.2, -0.15) is 0 Å². The van der Waals surface area contributed by atoms with Crippen LogP contribution in [0.1, 0.15) is 30.8 Å². The number of H-pyrrole nitrogens is 1. The first-order valence-corrected chi connectivity index (χ1v) is 5.01. The molecule has 1 aromatic heterocycles. The number of aliphatic carboxylic acids is 1. The van der Waals surface area contributed by atoms with Crippen LogP contribution in [0.3, 0.4) is 0 Å². The second kappa shape index (κ2) is 5.29. The molecule has 16 heavy (non-hydrogen) atoms. The van der Waals surface area contributed by atoms with E-state index in [1.54, 1.807) is 0 Å². The van der Waals surface area contributed by atoms with Crippen molar-refractivity contribution in [2.24, 2.45) is 5.92 Å². The van der Waals surface area contributed by atoms with Crippen molar-refractivity contribution in [2.75, 3.05) is 0 Å². The highest BCUT2D eigenvalue weighted by atomic mass is 16.4. The van der Waals surface area contributed by atoms with Gasteiger partial charge in [0.05, 0.1) is 18.9 Å². The van der Waals surface area contributed by atoms with E-state index in [0.29, 0.717) is 5.69 Å². The third-order valence-corrected chi connectivity index (χ3v) is 2.26. The van der Waals surface area contributed by atoms with Crippen LogP contribution in [0.5, 0.6) is 0 Å². The number of hydrogen-bond acceptors (Lipinski definition) is 3. The zero-order chi connectivity index (χ0) is 12.1. The van der Waals surface area contributed by atoms with E-state index in [4.69, 9.17) is 5.11 Å². The molecule has 0 spiro atoms. The van der Waals surface area contributed by atoms with Gasteiger partial charge in [-0.1, -0.05) is 13.8 Å². The fourth-order valence-corrected chi connectivity index (χ4v) is 1.27. The summed E-state index contributed by atoms with van der Waals surface area (Å²) in [6.45, 7) is 3.72. The van der Waals surface area contributed by atoms with Crippen molar-refractivity contribution in [3.05, 3.63) is 18.2 Å². The van der Waals surface area contributed by atoms with Crippen molar-refractivity contribution < 1.29 is 14.7 Å². The molecule has 0 saturated heterocycles. The Balaban J connectivity index is 2.61. The number of imidazole rings is 1. The van der Waals surface area contributed by atoms with E-state index in [0.717, 1.165) is 0 Å². The molecule has 0 aromatic carbocycles. The Bertz CT molecular complexity index is 359. The minimum atomic E-state index is -0.927. The largest absolute Gasteiger partial charge is 0.481 e. The number of aromatic amines is 1. The van der Waals surface area contributed by atoms with Crippen molar-refractivity contribution in [3.8, 4) is 0 Å². The molecule has 0 aliphatic carbocycles. The number of carboxylic acids is 1. The molecule has 1 unspecified atom stereocenters. The van der Waals surface area contributed by atoms with Crippen molar-refractivity contribution in [3.63, 3.8) is 0 Å². The zero-order valence-corrected chi connectivity index (χ0v) is 9.23. The Morgan fingerprint density at radius 2 is 2.25 bits per heavy atom. The summed E-state index contributed by atoms with van der Waals surface area (Å²) in [6.07, 6.45) is 2.71. The molecule has 0 aliphatic heterocycles. The average molecular weight is 225 g/mol. The third-order valence-electron chi connectivity index (χ3n) is 2.26. The molecule has 1 atom stereocenters. The van der Waals surface area contributed by atoms with Crippen LogP contribution in [-0.4, -0.2) is 33.0 Å². The lowest BCUT2D eigenvalue weighted by Crippen LogP contribution is -2.40. The number of carbonyl (C=O) groups excluding carboxylic acids is 1. The predicted molar refractivity (Wildman–Crippen MR) is 56.9 cm³/mol. The molecule has 1 amide bonds. The summed E-state index contributed by atoms with van der Waals surface area (Å²) < 4.78 is 0. The normalized spacial score (nSPS) is 12.4. The van der Waals surface area contributed by atoms with Crippen molar-refractivity contribution in [1.82, 2.24) is 15.3 Å². The van der Waals surface area contributed by atoms with Gasteiger partial charge in [0.15, 0.2) is 0 Å². The smallest absolute Gasteiger partial charge is 0.305 e. The summed E-state index contributed by atoms with van der Waals surface area (Å²) in [5.41, 5.74) is 0.330. The summed E-state index contributed by atoms with van der Waals surface area (Å²) in [7, 11) is 0. The second-order valence-electron chi connectivity index (χ2n) is 3.89. The van der Waals surface area contributed by atoms with Crippen molar-refractivity contribution in [1.29, 1.82) is 0 Å². The van der Waals surface area contributed by atoms with Gasteiger partial charge in [0.1, 0.15) is 5.69 Å². The molecular weight excluding hydrogens is 210 g/mol. The number of amides is 1. The molecule has 1 rings (SSSR count). The molecule has 0 saturated carbocycles. The first-order valence-electron chi connectivity index (χ1n) is 5.01. The van der Waals surface area contributed by atoms with Crippen LogP contribution < -0.4 is 5.32 Å². The van der Waals surface area contributed by atoms with Crippen LogP contribution in [0.2, 0.25) is 0 Å². The lowest BCUT2D eigenvalue weighted by molar-refractivity contribution is -0.137. The van der Waals surface area contributed by atoms with E-state index in [9.17, 15) is 9.59 Å². The first kappa shape index (κ1) is 12.2. The highest BCUT2D eigenvalue weighted by Crippen LogP contribution is 2.07. The number of aromatic nitrogens is 2. The molecule has 0 fully saturated rings. The van der Waals surface area contributed by atoms with Crippen LogP contribution in [0, 0.1) is 5.92 Å². The molecule has 1 aromatic rings. The Morgan fingerprint density at radius 1 is 1.56 bits per heavy atom. The van der Waals surface area contributed by atoms with E-state index < -0.39 is 5.97 Å². The summed E-state index contributed by atoms with van der Waals surface area (Å²) in [5.74, 6) is -1.20. The van der Waals surface area contributed by atoms with E-state index in [-0.39, 0.29) is 24.3 Å². The van der Waals surface area contributed by atoms with Gasteiger partial charge in [0.2, 0.25) is 0 Å². The Hall–Kier alpha value is -1.85. The van der Waals surface area contributed by atoms with E-state index in [2.05, 4.69) is 15.3 Å². The lowest BCUT2D eigenvalue weighted by Gasteiger charge is -2.19. The monoisotopic (exact) mass is 225 g/mol. The molecular formula is C10H15N3O3. The highest BCUT2D eigenvalue weighted by molar-refractivity contribution is 5.92. The summed E-state index contributed by atoms with van der Waals surface area (Å²) in [6, 6.07) is -0.381. The maximum Gasteiger partial charge on any atom is 0.305 e. The maximum atomic E-state index is 11.6. The number of carboxylic acid groups (broad SMARTS) is 1. The Kier molecular flexibility index (Phi) is 4.04. The fraction of sp³-hybridized carbons (Fsp3) is 0.500. The standard InChI is InChI=1S/C10H15N3O3/c1-6(2)7(3-9(14)15)13-10(16)8-4-11-5-12-8/h4-7H,3H2,1-2H3,(H,11,12)(H,13,16)(H,14,15). The molecule has 6 nitrogen and oxygen atoms in total. The molecule has 0 bridgehead atoms. The minimum Gasteiger partial charge on any atom is -0.481 e. The molecule has 3 N–H and O–H groups in total. The molecule has 0 aliphatic rings. The second-order valence-corrected chi connectivity index (χ2v) is 3.89. The number of carbonyl (C=O) groups is 2. The lowest BCUT2D eigenvalue weighted by atomic mass is 10.0. The predicted octanol–water partition coefficient (Wildman–Crippen LogP) is 0.639. The first-order chi connectivity index (χ1) is 7.50. The maximum absolute atomic E-state index is 11.6. The van der Waals surface area contributed by atoms with Gasteiger partial charge in [-0.15, -0.1) is 0 Å². The van der Waals surface area contributed by atoms with Gasteiger partial charge in [-0.05, 0) is 5.92 Å². The zero-order valence-electron chi connectivity index (χ0n) is 9.23. The van der Waals surface area contributed by atoms with E-state index in [1.807, 2.05) is 13.8 Å². The third kappa shape index (κ3) is 3.38. The van der Waals surface area contributed by atoms with Crippen LogP contribution >= 0.6 is 0 Å². The number of hydrogen-bond donors (Lipinski definition) is 3. The quantitative estimate of drug-likeness (QED) is 0.685. The summed E-state index contributed by atoms with van der Waals surface area (Å²) in [4.78, 5) is 28.6. The van der Waals surface area contributed by atoms with E-state index >= 15 is 0 Å². The van der Waals surface area contributed by atoms with Gasteiger partial charge in [-0.25, -0.2) is 4.98 Å². The van der Waals surface area contributed by atoms with Gasteiger partial charge in [0, 0.05) is 6.04 Å². The Morgan fingerprint density at radius 3 is 2.69 bits per heavy atom. The van der Waals surface area contributed by atoms with Gasteiger partial charge in [0.25, 0.3) is 5.91 Å². The van der Waals surface area contributed by atoms with Gasteiger partial charge >= 0.3 is 5.97 Å². The average Bonchev–Trinajstić information content (AvgIpc) is 2.68. The van der Waals surface area contributed by atoms with Gasteiger partial charge < -0.3 is 15.4 Å². The number of nitrogens with one attached hydrogen (secondary N) is 2. The SMILES string of the molecule is CC(C)C(CC(=O)O)NC(=O)c1cnc[nH]1. The summed E-state index contributed by atoms with van der Waals surface area (Å²) >= 11 is 0. The van der Waals surface area contributed by atoms with Crippen LogP contribution in [0.15, 0.2) is 12.5 Å². The minimum absolute atomic E-state index is 0.0583. The topological polar surface area (TPSA) is 95.1 Å². The van der Waals surface area contributed by atoms with Crippen molar-refractivity contribution in [2.45, 2.75) is 26.3 Å². The number of rotatable bonds is 5. The fourth-order valence-electron chi connectivity index (χ4n) is 1.27. The molecule has 6 heteroatoms. The molecule has 0 radical (unpaired) electrons. The molecule has 88 valence electrons. The van der Waals surface area contributed by atoms with Crippen LogP contribution in [0.25, 0.3) is 0 Å².